The molecule has 0 spiro atoms. The summed E-state index contributed by atoms with van der Waals surface area (Å²) in [4.78, 5) is 49.6. The van der Waals surface area contributed by atoms with Gasteiger partial charge in [-0.25, -0.2) is 9.59 Å². The summed E-state index contributed by atoms with van der Waals surface area (Å²) in [6, 6.07) is 7.54. The second-order valence-electron chi connectivity index (χ2n) is 4.86. The number of carbonyl (C=O) groups excluding carboxylic acids is 2. The fourth-order valence-electron chi connectivity index (χ4n) is 1.88. The van der Waals surface area contributed by atoms with Crippen molar-refractivity contribution in [1.82, 2.24) is 9.97 Å². The van der Waals surface area contributed by atoms with Crippen molar-refractivity contribution in [3.05, 3.63) is 62.4 Å². The lowest BCUT2D eigenvalue weighted by atomic mass is 10.1. The zero-order valence-corrected chi connectivity index (χ0v) is 13.0. The Morgan fingerprint density at radius 3 is 2.42 bits per heavy atom. The minimum atomic E-state index is -0.675. The number of nitrogens with one attached hydrogen (secondary N) is 2. The highest BCUT2D eigenvalue weighted by atomic mass is 16.6. The summed E-state index contributed by atoms with van der Waals surface area (Å²) in [5, 5.41) is 0. The first-order valence-electron chi connectivity index (χ1n) is 7.22. The summed E-state index contributed by atoms with van der Waals surface area (Å²) in [5.41, 5.74) is -0.500. The van der Waals surface area contributed by atoms with E-state index in [1.54, 1.807) is 31.2 Å². The molecule has 0 aliphatic carbocycles. The molecule has 0 fully saturated rings. The number of ether oxygens (including phenoxy) is 2. The van der Waals surface area contributed by atoms with Gasteiger partial charge in [0.15, 0.2) is 12.4 Å². The van der Waals surface area contributed by atoms with E-state index in [0.29, 0.717) is 17.7 Å². The third-order valence-corrected chi connectivity index (χ3v) is 3.06. The van der Waals surface area contributed by atoms with Crippen LogP contribution >= 0.6 is 0 Å². The summed E-state index contributed by atoms with van der Waals surface area (Å²) in [6.07, 6.45) is 0.414. The molecule has 8 heteroatoms. The van der Waals surface area contributed by atoms with Gasteiger partial charge in [-0.3, -0.25) is 14.6 Å². The summed E-state index contributed by atoms with van der Waals surface area (Å²) >= 11 is 0. The minimum Gasteiger partial charge on any atom is -0.482 e. The normalized spacial score (nSPS) is 10.2. The third-order valence-electron chi connectivity index (χ3n) is 3.06. The number of ketones is 1. The Hall–Kier alpha value is -3.16. The SMILES string of the molecule is CCC(=O)c1ccc(OCC(=O)OCc2cc(=O)[nH]c(=O)[nH]2)cc1. The number of carbonyl (C=O) groups is 2. The summed E-state index contributed by atoms with van der Waals surface area (Å²) < 4.78 is 10.1. The maximum absolute atomic E-state index is 11.6. The van der Waals surface area contributed by atoms with Crippen molar-refractivity contribution in [1.29, 1.82) is 0 Å². The maximum Gasteiger partial charge on any atom is 0.344 e. The average molecular weight is 332 g/mol. The number of Topliss-reactive ketones (excluding diaryl/α,β-unsaturated/α-hetero) is 1. The van der Waals surface area contributed by atoms with Gasteiger partial charge in [-0.2, -0.15) is 0 Å². The molecule has 24 heavy (non-hydrogen) atoms. The molecule has 126 valence electrons. The van der Waals surface area contributed by atoms with E-state index < -0.39 is 17.2 Å². The number of hydrogen-bond acceptors (Lipinski definition) is 6. The van der Waals surface area contributed by atoms with E-state index in [-0.39, 0.29) is 24.7 Å². The number of rotatable bonds is 7. The zero-order chi connectivity index (χ0) is 17.5. The molecule has 8 nitrogen and oxygen atoms in total. The van der Waals surface area contributed by atoms with E-state index in [2.05, 4.69) is 4.98 Å². The molecule has 0 aliphatic rings. The van der Waals surface area contributed by atoms with Crippen LogP contribution in [-0.4, -0.2) is 28.3 Å². The smallest absolute Gasteiger partial charge is 0.344 e. The first-order chi connectivity index (χ1) is 11.5. The number of hydrogen-bond donors (Lipinski definition) is 2. The molecule has 2 aromatic rings. The molecule has 2 rings (SSSR count). The molecular formula is C16H16N2O6. The topological polar surface area (TPSA) is 118 Å². The summed E-state index contributed by atoms with van der Waals surface area (Å²) in [5.74, 6) is -0.221. The second-order valence-corrected chi connectivity index (χ2v) is 4.86. The second kappa shape index (κ2) is 7.91. The van der Waals surface area contributed by atoms with Gasteiger partial charge in [-0.05, 0) is 24.3 Å². The van der Waals surface area contributed by atoms with Crippen LogP contribution in [0.4, 0.5) is 0 Å². The van der Waals surface area contributed by atoms with Crippen molar-refractivity contribution in [2.45, 2.75) is 20.0 Å². The van der Waals surface area contributed by atoms with Crippen molar-refractivity contribution in [2.24, 2.45) is 0 Å². The van der Waals surface area contributed by atoms with Crippen LogP contribution in [0.25, 0.3) is 0 Å². The lowest BCUT2D eigenvalue weighted by Gasteiger charge is -2.07. The molecule has 0 unspecified atom stereocenters. The van der Waals surface area contributed by atoms with Crippen LogP contribution < -0.4 is 16.0 Å². The predicted molar refractivity (Wildman–Crippen MR) is 84.0 cm³/mol. The van der Waals surface area contributed by atoms with E-state index >= 15 is 0 Å². The van der Waals surface area contributed by atoms with Crippen LogP contribution in [-0.2, 0) is 16.1 Å². The van der Waals surface area contributed by atoms with E-state index in [0.717, 1.165) is 6.07 Å². The summed E-state index contributed by atoms with van der Waals surface area (Å²) in [6.45, 7) is 1.19. The molecular weight excluding hydrogens is 316 g/mol. The number of H-pyrrole nitrogens is 2. The molecule has 0 aliphatic heterocycles. The van der Waals surface area contributed by atoms with Crippen molar-refractivity contribution in [3.63, 3.8) is 0 Å². The molecule has 0 atom stereocenters. The quantitative estimate of drug-likeness (QED) is 0.571. The van der Waals surface area contributed by atoms with Crippen molar-refractivity contribution >= 4 is 11.8 Å². The van der Waals surface area contributed by atoms with Gasteiger partial charge in [0.2, 0.25) is 0 Å². The van der Waals surface area contributed by atoms with Crippen LogP contribution in [0.1, 0.15) is 29.4 Å². The molecule has 1 heterocycles. The molecule has 2 N–H and O–H groups in total. The molecule has 1 aromatic heterocycles. The maximum atomic E-state index is 11.6. The number of esters is 1. The van der Waals surface area contributed by atoms with Gasteiger partial charge in [-0.1, -0.05) is 6.92 Å². The molecule has 0 saturated carbocycles. The van der Waals surface area contributed by atoms with Gasteiger partial charge in [0.05, 0.1) is 5.69 Å². The Kier molecular flexibility index (Phi) is 5.67. The van der Waals surface area contributed by atoms with Crippen molar-refractivity contribution in [3.8, 4) is 5.75 Å². The van der Waals surface area contributed by atoms with Gasteiger partial charge in [0.25, 0.3) is 5.56 Å². The van der Waals surface area contributed by atoms with Gasteiger partial charge in [0.1, 0.15) is 12.4 Å². The fourth-order valence-corrected chi connectivity index (χ4v) is 1.88. The first kappa shape index (κ1) is 17.2. The number of aromatic amines is 2. The number of benzene rings is 1. The third kappa shape index (κ3) is 4.94. The van der Waals surface area contributed by atoms with Gasteiger partial charge in [0, 0.05) is 18.1 Å². The molecule has 0 saturated heterocycles. The Balaban J connectivity index is 1.83. The Labute approximate surface area is 136 Å². The van der Waals surface area contributed by atoms with Crippen LogP contribution in [0.3, 0.4) is 0 Å². The van der Waals surface area contributed by atoms with E-state index in [4.69, 9.17) is 9.47 Å². The van der Waals surface area contributed by atoms with E-state index in [1.807, 2.05) is 4.98 Å². The van der Waals surface area contributed by atoms with Crippen LogP contribution in [0.15, 0.2) is 39.9 Å². The van der Waals surface area contributed by atoms with Gasteiger partial charge < -0.3 is 14.5 Å². The monoisotopic (exact) mass is 332 g/mol. The predicted octanol–water partition coefficient (Wildman–Crippen LogP) is 0.778. The zero-order valence-electron chi connectivity index (χ0n) is 13.0. The van der Waals surface area contributed by atoms with Crippen molar-refractivity contribution < 1.29 is 19.1 Å². The molecule has 0 radical (unpaired) electrons. The lowest BCUT2D eigenvalue weighted by Crippen LogP contribution is -2.24. The average Bonchev–Trinajstić information content (AvgIpc) is 2.57. The fraction of sp³-hybridized carbons (Fsp3) is 0.250. The van der Waals surface area contributed by atoms with Crippen molar-refractivity contribution in [2.75, 3.05) is 6.61 Å². The highest BCUT2D eigenvalue weighted by Gasteiger charge is 2.07. The Bertz CT molecular complexity index is 806. The van der Waals surface area contributed by atoms with Crippen LogP contribution in [0.5, 0.6) is 5.75 Å². The summed E-state index contributed by atoms with van der Waals surface area (Å²) in [7, 11) is 0. The Morgan fingerprint density at radius 1 is 1.08 bits per heavy atom. The highest BCUT2D eigenvalue weighted by molar-refractivity contribution is 5.95. The standard InChI is InChI=1S/C16H16N2O6/c1-2-13(19)10-3-5-12(6-4-10)23-9-15(21)24-8-11-7-14(20)18-16(22)17-11/h3-7H,2,8-9H2,1H3,(H2,17,18,20,22). The first-order valence-corrected chi connectivity index (χ1v) is 7.22. The van der Waals surface area contributed by atoms with Crippen LogP contribution in [0, 0.1) is 0 Å². The van der Waals surface area contributed by atoms with E-state index in [9.17, 15) is 19.2 Å². The molecule has 1 aromatic carbocycles. The van der Waals surface area contributed by atoms with Gasteiger partial charge in [-0.15, -0.1) is 0 Å². The number of aromatic nitrogens is 2. The largest absolute Gasteiger partial charge is 0.482 e. The Morgan fingerprint density at radius 2 is 1.79 bits per heavy atom. The van der Waals surface area contributed by atoms with Crippen LogP contribution in [0.2, 0.25) is 0 Å². The lowest BCUT2D eigenvalue weighted by molar-refractivity contribution is -0.147. The van der Waals surface area contributed by atoms with E-state index in [1.165, 1.54) is 0 Å². The van der Waals surface area contributed by atoms with Gasteiger partial charge >= 0.3 is 11.7 Å². The molecule has 0 amide bonds. The molecule has 0 bridgehead atoms. The highest BCUT2D eigenvalue weighted by Crippen LogP contribution is 2.13. The minimum absolute atomic E-state index is 0.0211.